The summed E-state index contributed by atoms with van der Waals surface area (Å²) in [5, 5.41) is 7.05. The van der Waals surface area contributed by atoms with E-state index >= 15 is 0 Å². The molecule has 1 N–H and O–H groups in total. The fraction of sp³-hybridized carbons (Fsp3) is 0.222. The van der Waals surface area contributed by atoms with Crippen molar-refractivity contribution in [3.05, 3.63) is 42.5 Å². The average Bonchev–Trinajstić information content (AvgIpc) is 3.11. The van der Waals surface area contributed by atoms with Crippen molar-refractivity contribution < 1.29 is 18.7 Å². The Bertz CT molecular complexity index is 831. The predicted octanol–water partition coefficient (Wildman–Crippen LogP) is 3.90. The molecule has 3 rings (SSSR count). The first-order chi connectivity index (χ1) is 12.2. The number of hydrogen-bond donors (Lipinski definition) is 1. The molecular formula is C18H19N3O4. The summed E-state index contributed by atoms with van der Waals surface area (Å²) in [5.74, 6) is 2.51. The standard InChI is InChI=1S/C18H19N3O4/c1-4-24-14-8-6-13(7-9-14)19-18-20-17(21-25-18)12-5-10-15(22-2)16(11-12)23-3/h5-11H,4H2,1-3H3,(H,19,20,21). The second kappa shape index (κ2) is 7.57. The van der Waals surface area contributed by atoms with E-state index in [1.54, 1.807) is 26.4 Å². The van der Waals surface area contributed by atoms with Crippen molar-refractivity contribution in [2.45, 2.75) is 6.92 Å². The molecule has 0 saturated carbocycles. The van der Waals surface area contributed by atoms with E-state index in [4.69, 9.17) is 18.7 Å². The topological polar surface area (TPSA) is 78.6 Å². The van der Waals surface area contributed by atoms with Crippen LogP contribution >= 0.6 is 0 Å². The van der Waals surface area contributed by atoms with Gasteiger partial charge in [-0.2, -0.15) is 4.98 Å². The summed E-state index contributed by atoms with van der Waals surface area (Å²) >= 11 is 0. The van der Waals surface area contributed by atoms with Crippen molar-refractivity contribution in [1.82, 2.24) is 10.1 Å². The molecule has 130 valence electrons. The van der Waals surface area contributed by atoms with Crippen LogP contribution in [0.5, 0.6) is 17.2 Å². The predicted molar refractivity (Wildman–Crippen MR) is 93.7 cm³/mol. The molecule has 0 aliphatic heterocycles. The second-order valence-electron chi connectivity index (χ2n) is 5.08. The first-order valence-corrected chi connectivity index (χ1v) is 7.79. The third kappa shape index (κ3) is 3.82. The molecule has 0 aliphatic carbocycles. The quantitative estimate of drug-likeness (QED) is 0.698. The molecule has 25 heavy (non-hydrogen) atoms. The number of ether oxygens (including phenoxy) is 3. The molecule has 0 amide bonds. The maximum absolute atomic E-state index is 5.41. The Kier molecular flexibility index (Phi) is 5.03. The highest BCUT2D eigenvalue weighted by Gasteiger charge is 2.12. The molecule has 1 heterocycles. The van der Waals surface area contributed by atoms with Gasteiger partial charge < -0.3 is 24.1 Å². The zero-order valence-electron chi connectivity index (χ0n) is 14.3. The third-order valence-electron chi connectivity index (χ3n) is 3.48. The Morgan fingerprint density at radius 3 is 2.44 bits per heavy atom. The van der Waals surface area contributed by atoms with E-state index < -0.39 is 0 Å². The van der Waals surface area contributed by atoms with Gasteiger partial charge in [-0.25, -0.2) is 0 Å². The van der Waals surface area contributed by atoms with Crippen LogP contribution in [0.4, 0.5) is 11.7 Å². The Morgan fingerprint density at radius 1 is 1.00 bits per heavy atom. The van der Waals surface area contributed by atoms with Gasteiger partial charge in [0, 0.05) is 11.3 Å². The van der Waals surface area contributed by atoms with Crippen LogP contribution in [0.2, 0.25) is 0 Å². The molecule has 7 heteroatoms. The van der Waals surface area contributed by atoms with E-state index in [1.165, 1.54) is 0 Å². The lowest BCUT2D eigenvalue weighted by Gasteiger charge is -2.07. The van der Waals surface area contributed by atoms with Crippen molar-refractivity contribution in [3.8, 4) is 28.6 Å². The maximum atomic E-state index is 5.41. The Morgan fingerprint density at radius 2 is 1.76 bits per heavy atom. The Balaban J connectivity index is 1.76. The Hall–Kier alpha value is -3.22. The van der Waals surface area contributed by atoms with Gasteiger partial charge >= 0.3 is 6.01 Å². The summed E-state index contributed by atoms with van der Waals surface area (Å²) in [6.07, 6.45) is 0. The van der Waals surface area contributed by atoms with Gasteiger partial charge in [0.2, 0.25) is 5.82 Å². The van der Waals surface area contributed by atoms with Crippen LogP contribution in [-0.4, -0.2) is 31.0 Å². The van der Waals surface area contributed by atoms with Crippen molar-refractivity contribution in [2.24, 2.45) is 0 Å². The van der Waals surface area contributed by atoms with Gasteiger partial charge in [0.05, 0.1) is 20.8 Å². The molecule has 0 bridgehead atoms. The SMILES string of the molecule is CCOc1ccc(Nc2nc(-c3ccc(OC)c(OC)c3)no2)cc1. The highest BCUT2D eigenvalue weighted by atomic mass is 16.5. The van der Waals surface area contributed by atoms with E-state index in [0.29, 0.717) is 29.9 Å². The number of anilines is 2. The fourth-order valence-corrected chi connectivity index (χ4v) is 2.29. The number of rotatable bonds is 7. The minimum absolute atomic E-state index is 0.300. The summed E-state index contributed by atoms with van der Waals surface area (Å²) in [6, 6.07) is 13.2. The molecule has 0 spiro atoms. The van der Waals surface area contributed by atoms with Crippen molar-refractivity contribution in [2.75, 3.05) is 26.1 Å². The molecule has 0 radical (unpaired) electrons. The highest BCUT2D eigenvalue weighted by Crippen LogP contribution is 2.31. The van der Waals surface area contributed by atoms with Crippen LogP contribution in [0.15, 0.2) is 47.0 Å². The van der Waals surface area contributed by atoms with E-state index in [9.17, 15) is 0 Å². The minimum atomic E-state index is 0.300. The average molecular weight is 341 g/mol. The maximum Gasteiger partial charge on any atom is 0.326 e. The van der Waals surface area contributed by atoms with Crippen molar-refractivity contribution in [3.63, 3.8) is 0 Å². The number of aromatic nitrogens is 2. The molecule has 0 atom stereocenters. The van der Waals surface area contributed by atoms with Crippen LogP contribution in [0.25, 0.3) is 11.4 Å². The molecule has 0 unspecified atom stereocenters. The van der Waals surface area contributed by atoms with Gasteiger partial charge in [0.15, 0.2) is 11.5 Å². The monoisotopic (exact) mass is 341 g/mol. The van der Waals surface area contributed by atoms with Crippen LogP contribution in [0.1, 0.15) is 6.92 Å². The Labute approximate surface area is 145 Å². The number of nitrogens with zero attached hydrogens (tertiary/aromatic N) is 2. The van der Waals surface area contributed by atoms with Crippen LogP contribution in [0, 0.1) is 0 Å². The second-order valence-corrected chi connectivity index (χ2v) is 5.08. The minimum Gasteiger partial charge on any atom is -0.494 e. The van der Waals surface area contributed by atoms with Gasteiger partial charge in [0.25, 0.3) is 0 Å². The van der Waals surface area contributed by atoms with E-state index in [2.05, 4.69) is 15.5 Å². The van der Waals surface area contributed by atoms with E-state index in [-0.39, 0.29) is 0 Å². The summed E-state index contributed by atoms with van der Waals surface area (Å²) < 4.78 is 21.2. The highest BCUT2D eigenvalue weighted by molar-refractivity contribution is 5.62. The van der Waals surface area contributed by atoms with Crippen molar-refractivity contribution >= 4 is 11.7 Å². The van der Waals surface area contributed by atoms with Gasteiger partial charge in [-0.3, -0.25) is 0 Å². The summed E-state index contributed by atoms with van der Waals surface area (Å²) in [5.41, 5.74) is 1.59. The lowest BCUT2D eigenvalue weighted by atomic mass is 10.2. The van der Waals surface area contributed by atoms with E-state index in [0.717, 1.165) is 17.0 Å². The number of benzene rings is 2. The summed E-state index contributed by atoms with van der Waals surface area (Å²) in [6.45, 7) is 2.57. The van der Waals surface area contributed by atoms with Crippen LogP contribution < -0.4 is 19.5 Å². The molecule has 0 fully saturated rings. The van der Waals surface area contributed by atoms with Gasteiger partial charge in [0.1, 0.15) is 5.75 Å². The fourth-order valence-electron chi connectivity index (χ4n) is 2.29. The molecule has 3 aromatic rings. The zero-order valence-corrected chi connectivity index (χ0v) is 14.3. The molecule has 0 aliphatic rings. The third-order valence-corrected chi connectivity index (χ3v) is 3.48. The van der Waals surface area contributed by atoms with Crippen LogP contribution in [-0.2, 0) is 0 Å². The smallest absolute Gasteiger partial charge is 0.326 e. The number of nitrogens with one attached hydrogen (secondary N) is 1. The molecule has 7 nitrogen and oxygen atoms in total. The van der Waals surface area contributed by atoms with Gasteiger partial charge in [-0.05, 0) is 49.4 Å². The molecule has 2 aromatic carbocycles. The lowest BCUT2D eigenvalue weighted by Crippen LogP contribution is -1.93. The number of methoxy groups -OCH3 is 2. The molecular weight excluding hydrogens is 322 g/mol. The number of hydrogen-bond acceptors (Lipinski definition) is 7. The molecule has 0 saturated heterocycles. The summed E-state index contributed by atoms with van der Waals surface area (Å²) in [4.78, 5) is 4.35. The normalized spacial score (nSPS) is 10.4. The van der Waals surface area contributed by atoms with Crippen molar-refractivity contribution in [1.29, 1.82) is 0 Å². The van der Waals surface area contributed by atoms with Gasteiger partial charge in [-0.15, -0.1) is 0 Å². The zero-order chi connectivity index (χ0) is 17.6. The van der Waals surface area contributed by atoms with Gasteiger partial charge in [-0.1, -0.05) is 5.16 Å². The first kappa shape index (κ1) is 16.6. The van der Waals surface area contributed by atoms with E-state index in [1.807, 2.05) is 37.3 Å². The molecule has 1 aromatic heterocycles. The summed E-state index contributed by atoms with van der Waals surface area (Å²) in [7, 11) is 3.17. The largest absolute Gasteiger partial charge is 0.494 e. The van der Waals surface area contributed by atoms with Crippen LogP contribution in [0.3, 0.4) is 0 Å². The first-order valence-electron chi connectivity index (χ1n) is 7.79. The lowest BCUT2D eigenvalue weighted by molar-refractivity contribution is 0.340.